The van der Waals surface area contributed by atoms with E-state index in [0.29, 0.717) is 17.1 Å². The Labute approximate surface area is 171 Å². The van der Waals surface area contributed by atoms with E-state index in [1.165, 1.54) is 37.3 Å². The number of amides is 2. The highest BCUT2D eigenvalue weighted by molar-refractivity contribution is 6.03. The molecule has 2 amide bonds. The van der Waals surface area contributed by atoms with Crippen LogP contribution < -0.4 is 19.7 Å². The van der Waals surface area contributed by atoms with Gasteiger partial charge < -0.3 is 19.5 Å². The normalized spacial score (nSPS) is 16.4. The molecule has 1 N–H and O–H groups in total. The van der Waals surface area contributed by atoms with Crippen LogP contribution in [-0.4, -0.2) is 32.8 Å². The van der Waals surface area contributed by atoms with Gasteiger partial charge in [-0.25, -0.2) is 9.59 Å². The van der Waals surface area contributed by atoms with E-state index in [-0.39, 0.29) is 16.9 Å². The number of alkyl halides is 2. The van der Waals surface area contributed by atoms with Crippen molar-refractivity contribution in [2.75, 3.05) is 19.1 Å². The zero-order valence-electron chi connectivity index (χ0n) is 16.5. The molecule has 0 spiro atoms. The zero-order valence-corrected chi connectivity index (χ0v) is 16.5. The number of ether oxygens (including phenoxy) is 3. The Morgan fingerprint density at radius 1 is 1.10 bits per heavy atom. The molecule has 0 fully saturated rings. The first kappa shape index (κ1) is 21.1. The highest BCUT2D eigenvalue weighted by Gasteiger charge is 2.38. The molecule has 0 aromatic heterocycles. The molecule has 158 valence electrons. The molecule has 0 saturated heterocycles. The number of rotatable bonds is 6. The van der Waals surface area contributed by atoms with E-state index in [4.69, 9.17) is 9.47 Å². The Balaban J connectivity index is 2.12. The second kappa shape index (κ2) is 8.81. The molecule has 1 heterocycles. The molecule has 1 unspecified atom stereocenters. The van der Waals surface area contributed by atoms with Crippen molar-refractivity contribution in [2.24, 2.45) is 0 Å². The number of para-hydroxylation sites is 1. The number of nitrogens with one attached hydrogen (secondary N) is 1. The van der Waals surface area contributed by atoms with Crippen molar-refractivity contribution in [1.82, 2.24) is 5.32 Å². The summed E-state index contributed by atoms with van der Waals surface area (Å²) >= 11 is 0. The molecular formula is C21H20F2N2O5. The smallest absolute Gasteiger partial charge is 0.387 e. The first-order chi connectivity index (χ1) is 14.4. The van der Waals surface area contributed by atoms with E-state index in [2.05, 4.69) is 10.1 Å². The lowest BCUT2D eigenvalue weighted by Crippen LogP contribution is -2.48. The van der Waals surface area contributed by atoms with E-state index in [1.54, 1.807) is 37.3 Å². The summed E-state index contributed by atoms with van der Waals surface area (Å²) < 4.78 is 40.3. The van der Waals surface area contributed by atoms with E-state index in [1.807, 2.05) is 0 Å². The van der Waals surface area contributed by atoms with Gasteiger partial charge in [0.15, 0.2) is 0 Å². The summed E-state index contributed by atoms with van der Waals surface area (Å²) in [6, 6.07) is 11.0. The van der Waals surface area contributed by atoms with Gasteiger partial charge in [-0.05, 0) is 37.3 Å². The summed E-state index contributed by atoms with van der Waals surface area (Å²) in [4.78, 5) is 26.9. The van der Waals surface area contributed by atoms with Crippen LogP contribution in [0.15, 0.2) is 59.8 Å². The molecule has 0 radical (unpaired) electrons. The minimum absolute atomic E-state index is 0.0956. The van der Waals surface area contributed by atoms with Crippen LogP contribution in [0.5, 0.6) is 11.5 Å². The second-order valence-electron chi connectivity index (χ2n) is 6.32. The fourth-order valence-electron chi connectivity index (χ4n) is 3.32. The number of halogens is 2. The summed E-state index contributed by atoms with van der Waals surface area (Å²) in [6.45, 7) is -1.48. The molecule has 0 bridgehead atoms. The van der Waals surface area contributed by atoms with Crippen molar-refractivity contribution in [3.05, 3.63) is 65.4 Å². The minimum Gasteiger partial charge on any atom is -0.497 e. The van der Waals surface area contributed by atoms with Gasteiger partial charge in [0.2, 0.25) is 0 Å². The summed E-state index contributed by atoms with van der Waals surface area (Å²) in [5, 5.41) is 2.69. The molecule has 9 heteroatoms. The Morgan fingerprint density at radius 3 is 2.37 bits per heavy atom. The average Bonchev–Trinajstić information content (AvgIpc) is 2.73. The van der Waals surface area contributed by atoms with E-state index in [0.717, 1.165) is 0 Å². The molecule has 1 aliphatic heterocycles. The van der Waals surface area contributed by atoms with Crippen LogP contribution in [0.4, 0.5) is 19.3 Å². The lowest BCUT2D eigenvalue weighted by molar-refractivity contribution is -0.136. The molecule has 2 aromatic carbocycles. The van der Waals surface area contributed by atoms with Crippen LogP contribution in [0, 0.1) is 0 Å². The summed E-state index contributed by atoms with van der Waals surface area (Å²) in [6.07, 6.45) is 0. The van der Waals surface area contributed by atoms with Crippen molar-refractivity contribution >= 4 is 17.7 Å². The SMILES string of the molecule is COC(=O)C1=C(C)N(c2ccc(OC)cc2)C(=O)NC1c1ccccc1OC(F)F. The van der Waals surface area contributed by atoms with Crippen molar-refractivity contribution < 1.29 is 32.6 Å². The monoisotopic (exact) mass is 418 g/mol. The van der Waals surface area contributed by atoms with Crippen molar-refractivity contribution in [2.45, 2.75) is 19.6 Å². The number of carbonyl (C=O) groups excluding carboxylic acids is 2. The number of methoxy groups -OCH3 is 2. The predicted molar refractivity (Wildman–Crippen MR) is 105 cm³/mol. The Morgan fingerprint density at radius 2 is 1.77 bits per heavy atom. The number of urea groups is 1. The van der Waals surface area contributed by atoms with Gasteiger partial charge in [-0.3, -0.25) is 4.90 Å². The molecule has 3 rings (SSSR count). The predicted octanol–water partition coefficient (Wildman–Crippen LogP) is 4.01. The van der Waals surface area contributed by atoms with Gasteiger partial charge in [-0.15, -0.1) is 0 Å². The Hall–Kier alpha value is -3.62. The van der Waals surface area contributed by atoms with E-state index >= 15 is 0 Å². The van der Waals surface area contributed by atoms with Crippen LogP contribution in [0.1, 0.15) is 18.5 Å². The number of anilines is 1. The van der Waals surface area contributed by atoms with E-state index in [9.17, 15) is 18.4 Å². The molecule has 0 aliphatic carbocycles. The molecule has 0 saturated carbocycles. The maximum atomic E-state index is 12.9. The van der Waals surface area contributed by atoms with Gasteiger partial charge in [-0.2, -0.15) is 8.78 Å². The average molecular weight is 418 g/mol. The van der Waals surface area contributed by atoms with Crippen molar-refractivity contribution in [3.8, 4) is 11.5 Å². The standard InChI is InChI=1S/C21H20F2N2O5/c1-12-17(19(26)29-3)18(15-6-4-5-7-16(15)30-20(22)23)24-21(27)25(12)13-8-10-14(28-2)11-9-13/h4-11,18,20H,1-3H3,(H,24,27). The number of hydrogen-bond acceptors (Lipinski definition) is 5. The lowest BCUT2D eigenvalue weighted by atomic mass is 9.94. The van der Waals surface area contributed by atoms with Crippen LogP contribution in [0.3, 0.4) is 0 Å². The molecule has 30 heavy (non-hydrogen) atoms. The maximum Gasteiger partial charge on any atom is 0.387 e. The third-order valence-corrected chi connectivity index (χ3v) is 4.67. The van der Waals surface area contributed by atoms with Crippen LogP contribution >= 0.6 is 0 Å². The van der Waals surface area contributed by atoms with Crippen LogP contribution in [0.2, 0.25) is 0 Å². The van der Waals surface area contributed by atoms with Gasteiger partial charge >= 0.3 is 18.6 Å². The number of carbonyl (C=O) groups is 2. The number of nitrogens with zero attached hydrogens (tertiary/aromatic N) is 1. The fraction of sp³-hybridized carbons (Fsp3) is 0.238. The number of benzene rings is 2. The third-order valence-electron chi connectivity index (χ3n) is 4.67. The topological polar surface area (TPSA) is 77.1 Å². The number of hydrogen-bond donors (Lipinski definition) is 1. The van der Waals surface area contributed by atoms with Crippen molar-refractivity contribution in [1.29, 1.82) is 0 Å². The minimum atomic E-state index is -3.06. The maximum absolute atomic E-state index is 12.9. The summed E-state index contributed by atoms with van der Waals surface area (Å²) in [5.41, 5.74) is 1.09. The lowest BCUT2D eigenvalue weighted by Gasteiger charge is -2.35. The van der Waals surface area contributed by atoms with E-state index < -0.39 is 24.7 Å². The second-order valence-corrected chi connectivity index (χ2v) is 6.32. The zero-order chi connectivity index (χ0) is 21.8. The Kier molecular flexibility index (Phi) is 6.20. The van der Waals surface area contributed by atoms with Crippen LogP contribution in [-0.2, 0) is 9.53 Å². The van der Waals surface area contributed by atoms with Crippen LogP contribution in [0.25, 0.3) is 0 Å². The summed E-state index contributed by atoms with van der Waals surface area (Å²) in [5.74, 6) is -0.255. The fourth-order valence-corrected chi connectivity index (χ4v) is 3.32. The largest absolute Gasteiger partial charge is 0.497 e. The van der Waals surface area contributed by atoms with Gasteiger partial charge in [0.25, 0.3) is 0 Å². The van der Waals surface area contributed by atoms with Gasteiger partial charge in [0, 0.05) is 11.3 Å². The summed E-state index contributed by atoms with van der Waals surface area (Å²) in [7, 11) is 2.72. The van der Waals surface area contributed by atoms with Gasteiger partial charge in [-0.1, -0.05) is 18.2 Å². The first-order valence-electron chi connectivity index (χ1n) is 8.94. The van der Waals surface area contributed by atoms with Gasteiger partial charge in [0.05, 0.1) is 31.5 Å². The van der Waals surface area contributed by atoms with Gasteiger partial charge in [0.1, 0.15) is 11.5 Å². The third kappa shape index (κ3) is 4.05. The molecule has 2 aromatic rings. The molecular weight excluding hydrogens is 398 g/mol. The molecule has 7 nitrogen and oxygen atoms in total. The highest BCUT2D eigenvalue weighted by atomic mass is 19.3. The molecule has 1 aliphatic rings. The Bertz CT molecular complexity index is 976. The number of allylic oxidation sites excluding steroid dienone is 1. The highest BCUT2D eigenvalue weighted by Crippen LogP contribution is 2.38. The van der Waals surface area contributed by atoms with Crippen molar-refractivity contribution in [3.63, 3.8) is 0 Å². The number of esters is 1. The first-order valence-corrected chi connectivity index (χ1v) is 8.94. The quantitative estimate of drug-likeness (QED) is 0.718. The molecule has 1 atom stereocenters.